The van der Waals surface area contributed by atoms with E-state index in [1.165, 1.54) is 25.0 Å². The second-order valence-corrected chi connectivity index (χ2v) is 5.80. The Morgan fingerprint density at radius 3 is 2.79 bits per heavy atom. The number of nitrogens with zero attached hydrogens (tertiary/aromatic N) is 1. The van der Waals surface area contributed by atoms with Gasteiger partial charge >= 0.3 is 0 Å². The first-order valence-electron chi connectivity index (χ1n) is 5.73. The molecule has 2 nitrogen and oxygen atoms in total. The number of nitrogens with one attached hydrogen (secondary N) is 1. The molecule has 2 atom stereocenters. The van der Waals surface area contributed by atoms with Gasteiger partial charge in [-0.3, -0.25) is 0 Å². The summed E-state index contributed by atoms with van der Waals surface area (Å²) in [6.07, 6.45) is 4.21. The molecule has 1 N–H and O–H groups in total. The molecular formula is C11H24N2S. The van der Waals surface area contributed by atoms with Crippen LogP contribution in [0, 0.1) is 0 Å². The molecule has 0 spiro atoms. The predicted octanol–water partition coefficient (Wildman–Crippen LogP) is 1.81. The second kappa shape index (κ2) is 6.70. The average molecular weight is 216 g/mol. The molecule has 1 aliphatic rings. The maximum absolute atomic E-state index is 3.69. The molecule has 0 bridgehead atoms. The van der Waals surface area contributed by atoms with Gasteiger partial charge < -0.3 is 10.2 Å². The summed E-state index contributed by atoms with van der Waals surface area (Å²) in [4.78, 5) is 2.24. The first kappa shape index (κ1) is 12.3. The van der Waals surface area contributed by atoms with Crippen LogP contribution >= 0.6 is 11.8 Å². The molecule has 0 amide bonds. The molecule has 1 saturated carbocycles. The van der Waals surface area contributed by atoms with Crippen molar-refractivity contribution in [3.63, 3.8) is 0 Å². The molecule has 0 saturated heterocycles. The molecule has 1 fully saturated rings. The molecule has 14 heavy (non-hydrogen) atoms. The number of rotatable bonds is 6. The Morgan fingerprint density at radius 2 is 2.14 bits per heavy atom. The molecule has 3 heteroatoms. The Bertz CT molecular complexity index is 150. The summed E-state index contributed by atoms with van der Waals surface area (Å²) in [5.41, 5.74) is 0. The summed E-state index contributed by atoms with van der Waals surface area (Å²) in [5.74, 6) is 1.26. The Kier molecular flexibility index (Phi) is 5.90. The van der Waals surface area contributed by atoms with Crippen LogP contribution in [0.3, 0.4) is 0 Å². The molecule has 0 aromatic rings. The fourth-order valence-electron chi connectivity index (χ4n) is 2.05. The van der Waals surface area contributed by atoms with Crippen LogP contribution in [-0.4, -0.2) is 49.1 Å². The molecule has 2 unspecified atom stereocenters. The summed E-state index contributed by atoms with van der Waals surface area (Å²) < 4.78 is 0. The van der Waals surface area contributed by atoms with E-state index in [0.29, 0.717) is 0 Å². The van der Waals surface area contributed by atoms with Gasteiger partial charge in [0.1, 0.15) is 0 Å². The van der Waals surface area contributed by atoms with E-state index in [4.69, 9.17) is 0 Å². The average Bonchev–Trinajstić information content (AvgIpc) is 2.53. The summed E-state index contributed by atoms with van der Waals surface area (Å²) in [6.45, 7) is 4.55. The van der Waals surface area contributed by atoms with Crippen LogP contribution < -0.4 is 5.32 Å². The van der Waals surface area contributed by atoms with Gasteiger partial charge in [-0.2, -0.15) is 11.8 Å². The molecule has 0 aromatic carbocycles. The highest BCUT2D eigenvalue weighted by Gasteiger charge is 2.26. The SMILES string of the molecule is CCSC1CCCC1NCCN(C)C. The van der Waals surface area contributed by atoms with Crippen molar-refractivity contribution in [2.45, 2.75) is 37.5 Å². The Morgan fingerprint density at radius 1 is 1.36 bits per heavy atom. The van der Waals surface area contributed by atoms with Crippen LogP contribution in [-0.2, 0) is 0 Å². The van der Waals surface area contributed by atoms with Crippen LogP contribution in [0.15, 0.2) is 0 Å². The molecule has 1 rings (SSSR count). The maximum atomic E-state index is 3.69. The lowest BCUT2D eigenvalue weighted by molar-refractivity contribution is 0.385. The smallest absolute Gasteiger partial charge is 0.0201 e. The lowest BCUT2D eigenvalue weighted by Gasteiger charge is -2.21. The van der Waals surface area contributed by atoms with E-state index in [1.807, 2.05) is 0 Å². The van der Waals surface area contributed by atoms with Gasteiger partial charge in [0.15, 0.2) is 0 Å². The van der Waals surface area contributed by atoms with Crippen molar-refractivity contribution in [2.24, 2.45) is 0 Å². The summed E-state index contributed by atoms with van der Waals surface area (Å²) in [7, 11) is 4.27. The number of thioether (sulfide) groups is 1. The largest absolute Gasteiger partial charge is 0.312 e. The monoisotopic (exact) mass is 216 g/mol. The van der Waals surface area contributed by atoms with Crippen LogP contribution in [0.2, 0.25) is 0 Å². The molecule has 0 radical (unpaired) electrons. The van der Waals surface area contributed by atoms with Gasteiger partial charge in [0.05, 0.1) is 0 Å². The van der Waals surface area contributed by atoms with Crippen LogP contribution in [0.1, 0.15) is 26.2 Å². The standard InChI is InChI=1S/C11H24N2S/c1-4-14-11-7-5-6-10(11)12-8-9-13(2)3/h10-12H,4-9H2,1-3H3. The molecule has 84 valence electrons. The van der Waals surface area contributed by atoms with Gasteiger partial charge in [0, 0.05) is 24.4 Å². The van der Waals surface area contributed by atoms with Crippen molar-refractivity contribution in [3.8, 4) is 0 Å². The molecule has 0 aliphatic heterocycles. The zero-order chi connectivity index (χ0) is 10.4. The van der Waals surface area contributed by atoms with Crippen molar-refractivity contribution >= 4 is 11.8 Å². The fourth-order valence-corrected chi connectivity index (χ4v) is 3.27. The van der Waals surface area contributed by atoms with Crippen LogP contribution in [0.4, 0.5) is 0 Å². The normalized spacial score (nSPS) is 27.4. The van der Waals surface area contributed by atoms with Gasteiger partial charge in [0.25, 0.3) is 0 Å². The highest BCUT2D eigenvalue weighted by molar-refractivity contribution is 7.99. The number of likely N-dealkylation sites (N-methyl/N-ethyl adjacent to an activating group) is 1. The minimum absolute atomic E-state index is 0.778. The van der Waals surface area contributed by atoms with Crippen LogP contribution in [0.5, 0.6) is 0 Å². The van der Waals surface area contributed by atoms with E-state index in [9.17, 15) is 0 Å². The second-order valence-electron chi connectivity index (χ2n) is 4.29. The highest BCUT2D eigenvalue weighted by atomic mass is 32.2. The van der Waals surface area contributed by atoms with Crippen molar-refractivity contribution in [3.05, 3.63) is 0 Å². The van der Waals surface area contributed by atoms with Gasteiger partial charge in [-0.25, -0.2) is 0 Å². The Balaban J connectivity index is 2.15. The lowest BCUT2D eigenvalue weighted by Crippen LogP contribution is -2.38. The first-order valence-corrected chi connectivity index (χ1v) is 6.78. The van der Waals surface area contributed by atoms with E-state index >= 15 is 0 Å². The summed E-state index contributed by atoms with van der Waals surface area (Å²) in [6, 6.07) is 0.778. The molecule has 0 heterocycles. The third-order valence-electron chi connectivity index (χ3n) is 2.80. The van der Waals surface area contributed by atoms with Gasteiger partial charge in [0.2, 0.25) is 0 Å². The third-order valence-corrected chi connectivity index (χ3v) is 4.12. The van der Waals surface area contributed by atoms with Gasteiger partial charge in [-0.15, -0.1) is 0 Å². The topological polar surface area (TPSA) is 15.3 Å². The Hall–Kier alpha value is 0.270. The molecule has 1 aliphatic carbocycles. The zero-order valence-electron chi connectivity index (χ0n) is 9.75. The van der Waals surface area contributed by atoms with Gasteiger partial charge in [-0.1, -0.05) is 13.3 Å². The first-order chi connectivity index (χ1) is 6.74. The molecular weight excluding hydrogens is 192 g/mol. The minimum atomic E-state index is 0.778. The van der Waals surface area contributed by atoms with E-state index in [2.05, 4.69) is 43.0 Å². The van der Waals surface area contributed by atoms with E-state index in [1.54, 1.807) is 0 Å². The maximum Gasteiger partial charge on any atom is 0.0201 e. The minimum Gasteiger partial charge on any atom is -0.312 e. The van der Waals surface area contributed by atoms with Crippen molar-refractivity contribution in [2.75, 3.05) is 32.9 Å². The summed E-state index contributed by atoms with van der Waals surface area (Å²) >= 11 is 2.13. The van der Waals surface area contributed by atoms with Crippen LogP contribution in [0.25, 0.3) is 0 Å². The van der Waals surface area contributed by atoms with Crippen molar-refractivity contribution in [1.29, 1.82) is 0 Å². The van der Waals surface area contributed by atoms with Crippen molar-refractivity contribution < 1.29 is 0 Å². The fraction of sp³-hybridized carbons (Fsp3) is 1.00. The van der Waals surface area contributed by atoms with E-state index in [-0.39, 0.29) is 0 Å². The van der Waals surface area contributed by atoms with E-state index < -0.39 is 0 Å². The number of hydrogen-bond acceptors (Lipinski definition) is 3. The summed E-state index contributed by atoms with van der Waals surface area (Å²) in [5, 5.41) is 4.56. The number of hydrogen-bond donors (Lipinski definition) is 1. The third kappa shape index (κ3) is 4.20. The van der Waals surface area contributed by atoms with Crippen molar-refractivity contribution in [1.82, 2.24) is 10.2 Å². The molecule has 0 aromatic heterocycles. The predicted molar refractivity (Wildman–Crippen MR) is 66.1 cm³/mol. The highest BCUT2D eigenvalue weighted by Crippen LogP contribution is 2.29. The Labute approximate surface area is 92.8 Å². The van der Waals surface area contributed by atoms with Gasteiger partial charge in [-0.05, 0) is 32.7 Å². The van der Waals surface area contributed by atoms with E-state index in [0.717, 1.165) is 24.4 Å². The lowest BCUT2D eigenvalue weighted by atomic mass is 10.2. The zero-order valence-corrected chi connectivity index (χ0v) is 10.6. The quantitative estimate of drug-likeness (QED) is 0.729.